The molecule has 1 aromatic heterocycles. The molecule has 2 N–H and O–H groups in total. The Morgan fingerprint density at radius 1 is 1.11 bits per heavy atom. The number of nitrogen functional groups attached to an aromatic ring is 1. The maximum absolute atomic E-state index is 13.8. The lowest BCUT2D eigenvalue weighted by molar-refractivity contribution is -0.630. The van der Waals surface area contributed by atoms with Gasteiger partial charge in [-0.2, -0.15) is 0 Å². The van der Waals surface area contributed by atoms with Crippen molar-refractivity contribution >= 4 is 17.0 Å². The van der Waals surface area contributed by atoms with E-state index in [1.165, 1.54) is 6.07 Å². The average Bonchev–Trinajstić information content (AvgIpc) is 2.67. The van der Waals surface area contributed by atoms with Crippen molar-refractivity contribution in [2.24, 2.45) is 7.05 Å². The fourth-order valence-electron chi connectivity index (χ4n) is 2.37. The van der Waals surface area contributed by atoms with E-state index in [1.807, 2.05) is 46.5 Å². The summed E-state index contributed by atoms with van der Waals surface area (Å²) < 4.78 is 17.6. The first-order valence-electron chi connectivity index (χ1n) is 6.14. The lowest BCUT2D eigenvalue weighted by atomic mass is 10.2. The first-order chi connectivity index (χ1) is 9.18. The number of para-hydroxylation sites is 2. The first kappa shape index (κ1) is 11.7. The van der Waals surface area contributed by atoms with Crippen molar-refractivity contribution in [2.45, 2.75) is 6.54 Å². The highest BCUT2D eigenvalue weighted by Gasteiger charge is 2.18. The van der Waals surface area contributed by atoms with E-state index >= 15 is 0 Å². The largest absolute Gasteiger partial charge is 0.356 e. The number of nitrogens with zero attached hydrogens (tertiary/aromatic N) is 2. The molecule has 19 heavy (non-hydrogen) atoms. The summed E-state index contributed by atoms with van der Waals surface area (Å²) in [4.78, 5) is 0. The maximum Gasteiger partial charge on any atom is 0.356 e. The number of benzene rings is 2. The van der Waals surface area contributed by atoms with Gasteiger partial charge in [0.05, 0.1) is 7.05 Å². The smallest absolute Gasteiger partial charge is 0.290 e. The number of anilines is 1. The van der Waals surface area contributed by atoms with Crippen LogP contribution in [0.5, 0.6) is 0 Å². The Morgan fingerprint density at radius 2 is 1.79 bits per heavy atom. The molecule has 0 saturated heterocycles. The van der Waals surface area contributed by atoms with E-state index < -0.39 is 0 Å². The number of fused-ring (bicyclic) bond motifs is 1. The van der Waals surface area contributed by atoms with E-state index in [0.717, 1.165) is 11.0 Å². The fourth-order valence-corrected chi connectivity index (χ4v) is 2.37. The van der Waals surface area contributed by atoms with Gasteiger partial charge in [-0.1, -0.05) is 30.3 Å². The third-order valence-electron chi connectivity index (χ3n) is 3.44. The summed E-state index contributed by atoms with van der Waals surface area (Å²) in [5, 5.41) is 0. The molecule has 0 aliphatic carbocycles. The van der Waals surface area contributed by atoms with E-state index in [4.69, 9.17) is 5.73 Å². The summed E-state index contributed by atoms with van der Waals surface area (Å²) >= 11 is 0. The van der Waals surface area contributed by atoms with Crippen LogP contribution in [0.25, 0.3) is 11.0 Å². The molecule has 0 saturated carbocycles. The molecular weight excluding hydrogens is 241 g/mol. The summed E-state index contributed by atoms with van der Waals surface area (Å²) in [7, 11) is 1.91. The van der Waals surface area contributed by atoms with Crippen molar-refractivity contribution in [1.29, 1.82) is 0 Å². The molecule has 0 aliphatic heterocycles. The predicted molar refractivity (Wildman–Crippen MR) is 73.0 cm³/mol. The summed E-state index contributed by atoms with van der Waals surface area (Å²) in [6, 6.07) is 14.7. The van der Waals surface area contributed by atoms with Crippen LogP contribution in [-0.2, 0) is 13.6 Å². The summed E-state index contributed by atoms with van der Waals surface area (Å²) in [5.41, 5.74) is 8.80. The number of rotatable bonds is 2. The second-order valence-electron chi connectivity index (χ2n) is 4.58. The topological polar surface area (TPSA) is 34.8 Å². The zero-order chi connectivity index (χ0) is 13.4. The van der Waals surface area contributed by atoms with Gasteiger partial charge in [0.25, 0.3) is 0 Å². The van der Waals surface area contributed by atoms with Gasteiger partial charge in [-0.05, 0) is 18.2 Å². The molecule has 1 heterocycles. The third-order valence-corrected chi connectivity index (χ3v) is 3.44. The zero-order valence-corrected chi connectivity index (χ0v) is 10.7. The van der Waals surface area contributed by atoms with Crippen LogP contribution in [-0.4, -0.2) is 4.57 Å². The van der Waals surface area contributed by atoms with Crippen molar-refractivity contribution in [2.75, 3.05) is 5.73 Å². The number of imidazole rings is 1. The van der Waals surface area contributed by atoms with E-state index in [2.05, 4.69) is 0 Å². The Hall–Kier alpha value is -2.36. The standard InChI is InChI=1S/C15H14FN3/c1-18-13-8-4-5-9-14(13)19(15(18)17)10-11-6-2-3-7-12(11)16/h2-9,17H,10H2,1H3/p+1. The molecule has 0 atom stereocenters. The van der Waals surface area contributed by atoms with Gasteiger partial charge in [-0.3, -0.25) is 5.73 Å². The molecule has 3 nitrogen and oxygen atoms in total. The molecule has 0 fully saturated rings. The summed E-state index contributed by atoms with van der Waals surface area (Å²) in [6.45, 7) is 0.430. The van der Waals surface area contributed by atoms with Crippen molar-refractivity contribution < 1.29 is 8.96 Å². The van der Waals surface area contributed by atoms with Crippen LogP contribution in [0.3, 0.4) is 0 Å². The Kier molecular flexibility index (Phi) is 2.71. The zero-order valence-electron chi connectivity index (χ0n) is 10.7. The lowest BCUT2D eigenvalue weighted by Gasteiger charge is -2.03. The lowest BCUT2D eigenvalue weighted by Crippen LogP contribution is -2.31. The highest BCUT2D eigenvalue weighted by molar-refractivity contribution is 5.74. The number of hydrogen-bond acceptors (Lipinski definition) is 1. The van der Waals surface area contributed by atoms with E-state index in [1.54, 1.807) is 12.1 Å². The Morgan fingerprint density at radius 3 is 2.58 bits per heavy atom. The molecule has 0 amide bonds. The Balaban J connectivity index is 2.16. The normalized spacial score (nSPS) is 11.1. The van der Waals surface area contributed by atoms with Gasteiger partial charge in [-0.25, -0.2) is 13.5 Å². The quantitative estimate of drug-likeness (QED) is 0.701. The van der Waals surface area contributed by atoms with Gasteiger partial charge in [-0.15, -0.1) is 0 Å². The van der Waals surface area contributed by atoms with Crippen LogP contribution in [0.4, 0.5) is 10.3 Å². The number of aromatic nitrogens is 2. The third kappa shape index (κ3) is 1.85. The molecular formula is C15H15FN3+. The fraction of sp³-hybridized carbons (Fsp3) is 0.133. The summed E-state index contributed by atoms with van der Waals surface area (Å²) in [6.07, 6.45) is 0. The number of halogens is 1. The number of hydrogen-bond donors (Lipinski definition) is 1. The van der Waals surface area contributed by atoms with Crippen LogP contribution in [0, 0.1) is 5.82 Å². The van der Waals surface area contributed by atoms with Crippen molar-refractivity contribution in [3.05, 3.63) is 59.9 Å². The van der Waals surface area contributed by atoms with Crippen LogP contribution in [0.2, 0.25) is 0 Å². The molecule has 0 bridgehead atoms. The van der Waals surface area contributed by atoms with E-state index in [9.17, 15) is 4.39 Å². The van der Waals surface area contributed by atoms with Crippen LogP contribution < -0.4 is 10.3 Å². The molecule has 0 unspecified atom stereocenters. The molecule has 0 aliphatic rings. The van der Waals surface area contributed by atoms with Gasteiger partial charge < -0.3 is 0 Å². The van der Waals surface area contributed by atoms with Crippen molar-refractivity contribution in [3.8, 4) is 0 Å². The minimum absolute atomic E-state index is 0.206. The molecule has 4 heteroatoms. The first-order valence-corrected chi connectivity index (χ1v) is 6.14. The minimum atomic E-state index is -0.206. The SMILES string of the molecule is C[n+]1c(N)n(Cc2ccccc2F)c2ccccc21. The molecule has 3 rings (SSSR count). The van der Waals surface area contributed by atoms with Crippen LogP contribution in [0.1, 0.15) is 5.56 Å². The van der Waals surface area contributed by atoms with Gasteiger partial charge in [0.2, 0.25) is 0 Å². The van der Waals surface area contributed by atoms with E-state index in [0.29, 0.717) is 18.1 Å². The van der Waals surface area contributed by atoms with Gasteiger partial charge in [0.15, 0.2) is 0 Å². The maximum atomic E-state index is 13.8. The number of nitrogens with two attached hydrogens (primary N) is 1. The molecule has 0 spiro atoms. The Labute approximate surface area is 110 Å². The molecule has 96 valence electrons. The highest BCUT2D eigenvalue weighted by atomic mass is 19.1. The van der Waals surface area contributed by atoms with Crippen molar-refractivity contribution in [1.82, 2.24) is 4.57 Å². The van der Waals surface area contributed by atoms with Gasteiger partial charge >= 0.3 is 5.95 Å². The van der Waals surface area contributed by atoms with Crippen molar-refractivity contribution in [3.63, 3.8) is 0 Å². The molecule has 0 radical (unpaired) electrons. The van der Waals surface area contributed by atoms with Crippen LogP contribution >= 0.6 is 0 Å². The van der Waals surface area contributed by atoms with Crippen LogP contribution in [0.15, 0.2) is 48.5 Å². The van der Waals surface area contributed by atoms with Gasteiger partial charge in [0.1, 0.15) is 23.4 Å². The molecule has 2 aromatic carbocycles. The molecule has 3 aromatic rings. The minimum Gasteiger partial charge on any atom is -0.290 e. The van der Waals surface area contributed by atoms with Gasteiger partial charge in [0, 0.05) is 5.56 Å². The summed E-state index contributed by atoms with van der Waals surface area (Å²) in [5.74, 6) is 0.409. The number of aryl methyl sites for hydroxylation is 1. The monoisotopic (exact) mass is 256 g/mol. The average molecular weight is 256 g/mol. The highest BCUT2D eigenvalue weighted by Crippen LogP contribution is 2.18. The second-order valence-corrected chi connectivity index (χ2v) is 4.58. The predicted octanol–water partition coefficient (Wildman–Crippen LogP) is 2.24. The van der Waals surface area contributed by atoms with E-state index in [-0.39, 0.29) is 5.82 Å². The Bertz CT molecular complexity index is 746. The second kappa shape index (κ2) is 4.39.